The summed E-state index contributed by atoms with van der Waals surface area (Å²) in [5.41, 5.74) is 1.53. The summed E-state index contributed by atoms with van der Waals surface area (Å²) >= 11 is 0. The average Bonchev–Trinajstić information content (AvgIpc) is 2.30. The summed E-state index contributed by atoms with van der Waals surface area (Å²) in [6.45, 7) is 8.38. The summed E-state index contributed by atoms with van der Waals surface area (Å²) in [6, 6.07) is 0. The van der Waals surface area contributed by atoms with Crippen LogP contribution in [0.5, 0.6) is 0 Å². The smallest absolute Gasteiger partial charge is 0.141 e. The molecule has 0 aliphatic heterocycles. The molecule has 0 bridgehead atoms. The van der Waals surface area contributed by atoms with E-state index >= 15 is 0 Å². The Morgan fingerprint density at radius 2 is 2.08 bits per heavy atom. The first-order valence-electron chi connectivity index (χ1n) is 4.88. The van der Waals surface area contributed by atoms with Gasteiger partial charge in [-0.05, 0) is 38.5 Å². The lowest BCUT2D eigenvalue weighted by atomic mass is 9.92. The molecule has 1 aliphatic carbocycles. The zero-order valence-electron chi connectivity index (χ0n) is 8.96. The Morgan fingerprint density at radius 1 is 1.46 bits per heavy atom. The maximum atomic E-state index is 11.4. The minimum Gasteiger partial charge on any atom is -0.235 e. The van der Waals surface area contributed by atoms with Crippen molar-refractivity contribution in [2.24, 2.45) is 9.81 Å². The van der Waals surface area contributed by atoms with Gasteiger partial charge in [-0.2, -0.15) is 4.40 Å². The van der Waals surface area contributed by atoms with Crippen LogP contribution in [-0.4, -0.2) is 15.2 Å². The molecule has 1 rings (SSSR count). The van der Waals surface area contributed by atoms with Crippen molar-refractivity contribution in [3.8, 4) is 0 Å². The van der Waals surface area contributed by atoms with Gasteiger partial charge >= 0.3 is 0 Å². The van der Waals surface area contributed by atoms with Crippen molar-refractivity contribution in [1.29, 1.82) is 0 Å². The van der Waals surface area contributed by atoms with Gasteiger partial charge in [0, 0.05) is 5.71 Å². The molecular weight excluding hydrogens is 182 g/mol. The van der Waals surface area contributed by atoms with E-state index in [1.54, 1.807) is 0 Å². The first-order chi connectivity index (χ1) is 5.91. The molecule has 0 aromatic carbocycles. The van der Waals surface area contributed by atoms with E-state index in [0.29, 0.717) is 5.41 Å². The number of rotatable bonds is 2. The quantitative estimate of drug-likeness (QED) is 0.675. The van der Waals surface area contributed by atoms with Gasteiger partial charge in [-0.15, -0.1) is 0 Å². The first-order valence-corrected chi connectivity index (χ1v) is 6.05. The van der Waals surface area contributed by atoms with Crippen LogP contribution >= 0.6 is 0 Å². The molecule has 1 aliphatic rings. The summed E-state index contributed by atoms with van der Waals surface area (Å²) in [7, 11) is -1.01. The fourth-order valence-corrected chi connectivity index (χ4v) is 2.14. The first kappa shape index (κ1) is 10.9. The average molecular weight is 201 g/mol. The maximum Gasteiger partial charge on any atom is 0.141 e. The standard InChI is InChI=1S/C10H19NOS/c1-8(2)13(12)11-9-5-6-10(3,4)7-9/h8H,5-7H2,1-4H3/b11-9+. The topological polar surface area (TPSA) is 29.4 Å². The van der Waals surface area contributed by atoms with Gasteiger partial charge in [-0.3, -0.25) is 0 Å². The van der Waals surface area contributed by atoms with Gasteiger partial charge in [-0.1, -0.05) is 13.8 Å². The zero-order chi connectivity index (χ0) is 10.1. The summed E-state index contributed by atoms with van der Waals surface area (Å²) in [4.78, 5) is 0. The Morgan fingerprint density at radius 3 is 2.46 bits per heavy atom. The summed E-state index contributed by atoms with van der Waals surface area (Å²) < 4.78 is 15.7. The van der Waals surface area contributed by atoms with E-state index in [9.17, 15) is 4.21 Å². The van der Waals surface area contributed by atoms with E-state index in [4.69, 9.17) is 0 Å². The number of hydrogen-bond donors (Lipinski definition) is 0. The van der Waals surface area contributed by atoms with Crippen molar-refractivity contribution in [1.82, 2.24) is 0 Å². The van der Waals surface area contributed by atoms with Crippen LogP contribution in [0, 0.1) is 5.41 Å². The van der Waals surface area contributed by atoms with Gasteiger partial charge < -0.3 is 0 Å². The lowest BCUT2D eigenvalue weighted by Crippen LogP contribution is -2.07. The van der Waals surface area contributed by atoms with E-state index in [0.717, 1.165) is 18.6 Å². The minimum atomic E-state index is -1.01. The largest absolute Gasteiger partial charge is 0.235 e. The van der Waals surface area contributed by atoms with Crippen LogP contribution < -0.4 is 0 Å². The highest BCUT2D eigenvalue weighted by molar-refractivity contribution is 7.84. The fraction of sp³-hybridized carbons (Fsp3) is 0.900. The number of hydrogen-bond acceptors (Lipinski definition) is 1. The Kier molecular flexibility index (Phi) is 3.28. The van der Waals surface area contributed by atoms with Crippen LogP contribution in [0.25, 0.3) is 0 Å². The molecule has 2 nitrogen and oxygen atoms in total. The SMILES string of the molecule is CC(C)S(=O)/N=C1\CCC(C)(C)C1. The monoisotopic (exact) mass is 201 g/mol. The number of nitrogens with zero attached hydrogens (tertiary/aromatic N) is 1. The van der Waals surface area contributed by atoms with Crippen LogP contribution in [-0.2, 0) is 11.0 Å². The third kappa shape index (κ3) is 3.22. The van der Waals surface area contributed by atoms with E-state index in [2.05, 4.69) is 18.2 Å². The highest BCUT2D eigenvalue weighted by Crippen LogP contribution is 2.35. The summed E-state index contributed by atoms with van der Waals surface area (Å²) in [6.07, 6.45) is 3.23. The normalized spacial score (nSPS) is 27.0. The molecule has 0 aromatic heterocycles. The lowest BCUT2D eigenvalue weighted by molar-refractivity contribution is 0.393. The predicted octanol–water partition coefficient (Wildman–Crippen LogP) is 2.71. The molecule has 13 heavy (non-hydrogen) atoms. The second-order valence-corrected chi connectivity index (χ2v) is 6.50. The van der Waals surface area contributed by atoms with E-state index in [1.807, 2.05) is 13.8 Å². The summed E-state index contributed by atoms with van der Waals surface area (Å²) in [5, 5.41) is 0.149. The Hall–Kier alpha value is -0.180. The second kappa shape index (κ2) is 3.91. The molecule has 0 aromatic rings. The molecule has 0 radical (unpaired) electrons. The summed E-state index contributed by atoms with van der Waals surface area (Å²) in [5.74, 6) is 0. The maximum absolute atomic E-state index is 11.4. The van der Waals surface area contributed by atoms with Crippen molar-refractivity contribution in [2.75, 3.05) is 0 Å². The van der Waals surface area contributed by atoms with Crippen molar-refractivity contribution < 1.29 is 4.21 Å². The second-order valence-electron chi connectivity index (χ2n) is 4.82. The van der Waals surface area contributed by atoms with E-state index in [1.165, 1.54) is 6.42 Å². The third-order valence-electron chi connectivity index (χ3n) is 2.40. The van der Waals surface area contributed by atoms with Crippen LogP contribution in [0.1, 0.15) is 47.0 Å². The molecular formula is C10H19NOS. The molecule has 76 valence electrons. The molecule has 3 heteroatoms. The van der Waals surface area contributed by atoms with Crippen molar-refractivity contribution in [3.05, 3.63) is 0 Å². The highest BCUT2D eigenvalue weighted by atomic mass is 32.2. The fourth-order valence-electron chi connectivity index (χ4n) is 1.52. The van der Waals surface area contributed by atoms with Crippen LogP contribution in [0.15, 0.2) is 4.40 Å². The highest BCUT2D eigenvalue weighted by Gasteiger charge is 2.28. The molecule has 0 N–H and O–H groups in total. The van der Waals surface area contributed by atoms with Gasteiger partial charge in [0.25, 0.3) is 0 Å². The molecule has 1 fully saturated rings. The van der Waals surface area contributed by atoms with Gasteiger partial charge in [-0.25, -0.2) is 4.21 Å². The Labute approximate surface area is 83.4 Å². The molecule has 1 unspecified atom stereocenters. The molecule has 1 atom stereocenters. The predicted molar refractivity (Wildman–Crippen MR) is 58.3 cm³/mol. The molecule has 0 heterocycles. The molecule has 0 amide bonds. The van der Waals surface area contributed by atoms with E-state index in [-0.39, 0.29) is 5.25 Å². The van der Waals surface area contributed by atoms with Crippen molar-refractivity contribution in [2.45, 2.75) is 52.2 Å². The van der Waals surface area contributed by atoms with Gasteiger partial charge in [0.05, 0.1) is 5.25 Å². The van der Waals surface area contributed by atoms with Crippen LogP contribution in [0.2, 0.25) is 0 Å². The molecule has 1 saturated carbocycles. The van der Waals surface area contributed by atoms with Crippen molar-refractivity contribution in [3.63, 3.8) is 0 Å². The van der Waals surface area contributed by atoms with Gasteiger partial charge in [0.1, 0.15) is 11.0 Å². The van der Waals surface area contributed by atoms with Crippen molar-refractivity contribution >= 4 is 16.7 Å². The lowest BCUT2D eigenvalue weighted by Gasteiger charge is -2.13. The molecule has 0 saturated heterocycles. The van der Waals surface area contributed by atoms with E-state index < -0.39 is 11.0 Å². The van der Waals surface area contributed by atoms with Gasteiger partial charge in [0.15, 0.2) is 0 Å². The third-order valence-corrected chi connectivity index (χ3v) is 3.64. The Bertz CT molecular complexity index is 243. The minimum absolute atomic E-state index is 0.149. The van der Waals surface area contributed by atoms with Crippen LogP contribution in [0.3, 0.4) is 0 Å². The molecule has 0 spiro atoms. The van der Waals surface area contributed by atoms with Gasteiger partial charge in [0.2, 0.25) is 0 Å². The Balaban J connectivity index is 2.60. The zero-order valence-corrected chi connectivity index (χ0v) is 9.78. The van der Waals surface area contributed by atoms with Crippen LogP contribution in [0.4, 0.5) is 0 Å².